The van der Waals surface area contributed by atoms with Gasteiger partial charge in [-0.25, -0.2) is 8.78 Å². The second-order valence-corrected chi connectivity index (χ2v) is 9.50. The first-order chi connectivity index (χ1) is 15.1. The number of rotatable bonds is 3. The Bertz CT molecular complexity index is 1180. The molecule has 7 heteroatoms. The highest BCUT2D eigenvalue weighted by Gasteiger charge is 2.42. The first kappa shape index (κ1) is 22.2. The molecule has 2 aliphatic rings. The average molecular weight is 457 g/mol. The highest BCUT2D eigenvalue weighted by Crippen LogP contribution is 2.46. The quantitative estimate of drug-likeness (QED) is 0.608. The van der Waals surface area contributed by atoms with E-state index >= 15 is 0 Å². The van der Waals surface area contributed by atoms with E-state index in [-0.39, 0.29) is 16.9 Å². The number of carbonyl (C=O) groups is 2. The predicted molar refractivity (Wildman–Crippen MR) is 120 cm³/mol. The third kappa shape index (κ3) is 4.19. The Labute approximate surface area is 190 Å². The van der Waals surface area contributed by atoms with Gasteiger partial charge in [0.15, 0.2) is 5.78 Å². The van der Waals surface area contributed by atoms with Gasteiger partial charge < -0.3 is 10.6 Å². The van der Waals surface area contributed by atoms with Gasteiger partial charge in [0.1, 0.15) is 11.6 Å². The molecule has 0 saturated carbocycles. The third-order valence-corrected chi connectivity index (χ3v) is 6.12. The molecule has 1 aliphatic heterocycles. The minimum absolute atomic E-state index is 0.0329. The Morgan fingerprint density at radius 2 is 1.81 bits per heavy atom. The van der Waals surface area contributed by atoms with Crippen molar-refractivity contribution < 1.29 is 18.4 Å². The number of hydrogen-bond acceptors (Lipinski definition) is 3. The number of benzene rings is 2. The van der Waals surface area contributed by atoms with Crippen molar-refractivity contribution in [1.29, 1.82) is 0 Å². The van der Waals surface area contributed by atoms with Gasteiger partial charge in [0.05, 0.1) is 5.69 Å². The summed E-state index contributed by atoms with van der Waals surface area (Å²) in [5, 5.41) is 6.33. The van der Waals surface area contributed by atoms with E-state index in [0.717, 1.165) is 17.3 Å². The number of allylic oxidation sites excluding steroid dienone is 3. The number of amides is 1. The summed E-state index contributed by atoms with van der Waals surface area (Å²) in [6.45, 7) is 5.83. The SMILES string of the molecule is CC1=C(C(=O)Nc2ccc(F)cc2F)C(c2ccc(Cl)cc2)C2=C(CC(C)(C)CC2=O)N1. The van der Waals surface area contributed by atoms with Gasteiger partial charge in [0.25, 0.3) is 5.91 Å². The standard InChI is InChI=1S/C25H23ClF2N2O2/c1-13-21(24(32)30-18-9-8-16(27)10-17(18)28)22(14-4-6-15(26)7-5-14)23-19(29-13)11-25(2,3)12-20(23)31/h4-10,22,29H,11-12H2,1-3H3,(H,30,32). The number of ketones is 1. The molecule has 4 rings (SSSR count). The Morgan fingerprint density at radius 1 is 1.12 bits per heavy atom. The first-order valence-electron chi connectivity index (χ1n) is 10.3. The zero-order valence-electron chi connectivity index (χ0n) is 18.0. The summed E-state index contributed by atoms with van der Waals surface area (Å²) in [5.74, 6) is -2.84. The topological polar surface area (TPSA) is 58.2 Å². The maximum atomic E-state index is 14.2. The van der Waals surface area contributed by atoms with Crippen molar-refractivity contribution in [2.45, 2.75) is 39.5 Å². The van der Waals surface area contributed by atoms with Gasteiger partial charge in [-0.1, -0.05) is 37.6 Å². The Morgan fingerprint density at radius 3 is 2.47 bits per heavy atom. The highest BCUT2D eigenvalue weighted by molar-refractivity contribution is 6.30. The number of carbonyl (C=O) groups excluding carboxylic acids is 2. The second-order valence-electron chi connectivity index (χ2n) is 9.06. The molecule has 32 heavy (non-hydrogen) atoms. The van der Waals surface area contributed by atoms with Crippen molar-refractivity contribution in [2.75, 3.05) is 5.32 Å². The van der Waals surface area contributed by atoms with Crippen molar-refractivity contribution >= 4 is 29.0 Å². The van der Waals surface area contributed by atoms with Crippen LogP contribution in [0.25, 0.3) is 0 Å². The van der Waals surface area contributed by atoms with Gasteiger partial charge >= 0.3 is 0 Å². The Kier molecular flexibility index (Phi) is 5.67. The number of hydrogen-bond donors (Lipinski definition) is 2. The fourth-order valence-corrected chi connectivity index (χ4v) is 4.63. The van der Waals surface area contributed by atoms with Crippen LogP contribution in [0.15, 0.2) is 65.0 Å². The van der Waals surface area contributed by atoms with Gasteiger partial charge in [-0.15, -0.1) is 0 Å². The van der Waals surface area contributed by atoms with E-state index in [1.165, 1.54) is 6.07 Å². The van der Waals surface area contributed by atoms with Crippen LogP contribution in [0.5, 0.6) is 0 Å². The molecule has 0 radical (unpaired) electrons. The zero-order chi connectivity index (χ0) is 23.2. The van der Waals surface area contributed by atoms with Gasteiger partial charge in [0.2, 0.25) is 0 Å². The summed E-state index contributed by atoms with van der Waals surface area (Å²) in [6, 6.07) is 9.94. The molecule has 0 spiro atoms. The smallest absolute Gasteiger partial charge is 0.254 e. The average Bonchev–Trinajstić information content (AvgIpc) is 2.68. The van der Waals surface area contributed by atoms with E-state index in [1.807, 2.05) is 13.8 Å². The number of halogens is 3. The van der Waals surface area contributed by atoms with E-state index in [9.17, 15) is 18.4 Å². The number of nitrogens with one attached hydrogen (secondary N) is 2. The molecule has 2 N–H and O–H groups in total. The largest absolute Gasteiger partial charge is 0.362 e. The van der Waals surface area contributed by atoms with Crippen molar-refractivity contribution in [1.82, 2.24) is 5.32 Å². The number of dihydropyridines is 1. The van der Waals surface area contributed by atoms with Gasteiger partial charge in [-0.05, 0) is 48.6 Å². The molecular weight excluding hydrogens is 434 g/mol. The number of anilines is 1. The van der Waals surface area contributed by atoms with Crippen molar-refractivity contribution in [3.05, 3.63) is 87.2 Å². The van der Waals surface area contributed by atoms with E-state index in [0.29, 0.717) is 40.8 Å². The fourth-order valence-electron chi connectivity index (χ4n) is 4.51. The van der Waals surface area contributed by atoms with Crippen LogP contribution < -0.4 is 10.6 Å². The van der Waals surface area contributed by atoms with Gasteiger partial charge in [-0.3, -0.25) is 9.59 Å². The minimum atomic E-state index is -0.876. The lowest BCUT2D eigenvalue weighted by molar-refractivity contribution is -0.118. The maximum Gasteiger partial charge on any atom is 0.254 e. The van der Waals surface area contributed by atoms with E-state index in [4.69, 9.17) is 11.6 Å². The normalized spacial score (nSPS) is 20.1. The molecule has 1 atom stereocenters. The summed E-state index contributed by atoms with van der Waals surface area (Å²) in [4.78, 5) is 26.6. The van der Waals surface area contributed by atoms with Gasteiger partial charge in [-0.2, -0.15) is 0 Å². The maximum absolute atomic E-state index is 14.2. The second kappa shape index (κ2) is 8.17. The molecule has 1 aliphatic carbocycles. The van der Waals surface area contributed by atoms with Gasteiger partial charge in [0, 0.05) is 46.0 Å². The molecular formula is C25H23ClF2N2O2. The summed E-state index contributed by atoms with van der Waals surface area (Å²) < 4.78 is 27.5. The minimum Gasteiger partial charge on any atom is -0.362 e. The molecule has 4 nitrogen and oxygen atoms in total. The predicted octanol–water partition coefficient (Wildman–Crippen LogP) is 5.86. The lowest BCUT2D eigenvalue weighted by Gasteiger charge is -2.39. The molecule has 1 amide bonds. The van der Waals surface area contributed by atoms with Crippen LogP contribution in [-0.2, 0) is 9.59 Å². The zero-order valence-corrected chi connectivity index (χ0v) is 18.7. The van der Waals surface area contributed by atoms with Crippen molar-refractivity contribution in [3.63, 3.8) is 0 Å². The van der Waals surface area contributed by atoms with Crippen molar-refractivity contribution in [3.8, 4) is 0 Å². The molecule has 0 saturated heterocycles. The molecule has 2 aromatic carbocycles. The summed E-state index contributed by atoms with van der Waals surface area (Å²) in [5.41, 5.74) is 2.63. The highest BCUT2D eigenvalue weighted by atomic mass is 35.5. The van der Waals surface area contributed by atoms with Crippen LogP contribution in [0.3, 0.4) is 0 Å². The molecule has 0 fully saturated rings. The van der Waals surface area contributed by atoms with Crippen LogP contribution in [-0.4, -0.2) is 11.7 Å². The third-order valence-electron chi connectivity index (χ3n) is 5.87. The lowest BCUT2D eigenvalue weighted by atomic mass is 9.68. The molecule has 0 aromatic heterocycles. The summed E-state index contributed by atoms with van der Waals surface area (Å²) >= 11 is 6.06. The van der Waals surface area contributed by atoms with Crippen LogP contribution in [0.1, 0.15) is 45.1 Å². The molecule has 1 heterocycles. The van der Waals surface area contributed by atoms with E-state index in [1.54, 1.807) is 31.2 Å². The van der Waals surface area contributed by atoms with Crippen LogP contribution >= 0.6 is 11.6 Å². The molecule has 166 valence electrons. The summed E-state index contributed by atoms with van der Waals surface area (Å²) in [6.07, 6.45) is 1.02. The summed E-state index contributed by atoms with van der Waals surface area (Å²) in [7, 11) is 0. The molecule has 2 aromatic rings. The molecule has 0 bridgehead atoms. The van der Waals surface area contributed by atoms with E-state index < -0.39 is 23.5 Å². The van der Waals surface area contributed by atoms with E-state index in [2.05, 4.69) is 10.6 Å². The lowest BCUT2D eigenvalue weighted by Crippen LogP contribution is -2.39. The number of Topliss-reactive ketones (excluding diaryl/α,β-unsaturated/α-hetero) is 1. The Hall–Kier alpha value is -2.99. The van der Waals surface area contributed by atoms with Crippen LogP contribution in [0.2, 0.25) is 5.02 Å². The molecule has 1 unspecified atom stereocenters. The first-order valence-corrected chi connectivity index (χ1v) is 10.7. The fraction of sp³-hybridized carbons (Fsp3) is 0.280. The monoisotopic (exact) mass is 456 g/mol. The van der Waals surface area contributed by atoms with Crippen molar-refractivity contribution in [2.24, 2.45) is 5.41 Å². The Balaban J connectivity index is 1.80. The van der Waals surface area contributed by atoms with Crippen LogP contribution in [0, 0.1) is 17.0 Å². The van der Waals surface area contributed by atoms with Crippen LogP contribution in [0.4, 0.5) is 14.5 Å².